The van der Waals surface area contributed by atoms with E-state index in [4.69, 9.17) is 14.6 Å². The predicted octanol–water partition coefficient (Wildman–Crippen LogP) is 5.79. The zero-order chi connectivity index (χ0) is 26.6. The normalized spacial score (nSPS) is 17.3. The summed E-state index contributed by atoms with van der Waals surface area (Å²) < 4.78 is 12.8. The van der Waals surface area contributed by atoms with E-state index in [1.165, 1.54) is 24.3 Å². The number of amides is 1. The summed E-state index contributed by atoms with van der Waals surface area (Å²) in [5.74, 6) is 0.0790. The van der Waals surface area contributed by atoms with Gasteiger partial charge in [0.2, 0.25) is 0 Å². The molecule has 2 aromatic carbocycles. The van der Waals surface area contributed by atoms with Crippen molar-refractivity contribution in [1.82, 2.24) is 9.78 Å². The molecule has 0 bridgehead atoms. The number of hydrogen-bond donors (Lipinski definition) is 1. The lowest BCUT2D eigenvalue weighted by atomic mass is 10.0. The quantitative estimate of drug-likeness (QED) is 0.244. The number of anilines is 1. The van der Waals surface area contributed by atoms with Crippen LogP contribution in [0.1, 0.15) is 67.6 Å². The third kappa shape index (κ3) is 6.52. The average molecular weight is 507 g/mol. The average Bonchev–Trinajstić information content (AvgIpc) is 3.50. The third-order valence-electron chi connectivity index (χ3n) is 6.20. The number of non-ortho nitro benzene ring substituents is 1. The van der Waals surface area contributed by atoms with Crippen LogP contribution in [0, 0.1) is 10.1 Å². The van der Waals surface area contributed by atoms with E-state index in [0.717, 1.165) is 17.7 Å². The van der Waals surface area contributed by atoms with Gasteiger partial charge < -0.3 is 9.47 Å². The number of esters is 1. The first-order chi connectivity index (χ1) is 17.6. The molecule has 1 saturated carbocycles. The molecular weight excluding hydrogens is 476 g/mol. The van der Waals surface area contributed by atoms with Crippen LogP contribution in [0.5, 0.6) is 0 Å². The first kappa shape index (κ1) is 25.9. The van der Waals surface area contributed by atoms with E-state index in [-0.39, 0.29) is 35.4 Å². The Morgan fingerprint density at radius 2 is 1.81 bits per heavy atom. The number of nitro groups is 1. The summed E-state index contributed by atoms with van der Waals surface area (Å²) in [7, 11) is 0. The fourth-order valence-corrected chi connectivity index (χ4v) is 4.32. The minimum atomic E-state index is -0.567. The number of ether oxygens (including phenoxy) is 2. The maximum atomic E-state index is 12.5. The van der Waals surface area contributed by atoms with Gasteiger partial charge in [0.25, 0.3) is 5.69 Å². The molecule has 1 amide bonds. The molecule has 0 radical (unpaired) electrons. The Morgan fingerprint density at radius 3 is 2.46 bits per heavy atom. The summed E-state index contributed by atoms with van der Waals surface area (Å²) in [4.78, 5) is 35.3. The van der Waals surface area contributed by atoms with Gasteiger partial charge in [-0.25, -0.2) is 14.3 Å². The number of hydrogen-bond acceptors (Lipinski definition) is 7. The Bertz CT molecular complexity index is 1260. The van der Waals surface area contributed by atoms with Crippen LogP contribution < -0.4 is 5.32 Å². The molecule has 0 saturated heterocycles. The Hall–Kier alpha value is -4.21. The number of rotatable bonds is 7. The van der Waals surface area contributed by atoms with Crippen molar-refractivity contribution in [3.63, 3.8) is 0 Å². The van der Waals surface area contributed by atoms with E-state index >= 15 is 0 Å². The van der Waals surface area contributed by atoms with Crippen molar-refractivity contribution in [3.05, 3.63) is 87.6 Å². The topological polar surface area (TPSA) is 126 Å². The lowest BCUT2D eigenvalue weighted by Gasteiger charge is -2.22. The summed E-state index contributed by atoms with van der Waals surface area (Å²) >= 11 is 0. The lowest BCUT2D eigenvalue weighted by Crippen LogP contribution is -2.27. The summed E-state index contributed by atoms with van der Waals surface area (Å²) in [6.07, 6.45) is 1.18. The number of nitrogens with zero attached hydrogens (tertiary/aromatic N) is 3. The van der Waals surface area contributed by atoms with E-state index < -0.39 is 17.0 Å². The van der Waals surface area contributed by atoms with Gasteiger partial charge in [-0.15, -0.1) is 0 Å². The van der Waals surface area contributed by atoms with Crippen molar-refractivity contribution in [3.8, 4) is 0 Å². The number of carbonyl (C=O) groups excluding carboxylic acids is 2. The molecule has 10 nitrogen and oxygen atoms in total. The molecule has 3 aromatic rings. The van der Waals surface area contributed by atoms with Gasteiger partial charge in [0.05, 0.1) is 21.7 Å². The molecule has 1 aliphatic carbocycles. The molecule has 1 aromatic heterocycles. The summed E-state index contributed by atoms with van der Waals surface area (Å²) in [6, 6.07) is 16.6. The number of carbonyl (C=O) groups is 2. The van der Waals surface area contributed by atoms with Crippen molar-refractivity contribution >= 4 is 23.6 Å². The molecule has 2 atom stereocenters. The second-order valence-electron chi connectivity index (χ2n) is 10.1. The highest BCUT2D eigenvalue weighted by Crippen LogP contribution is 2.37. The zero-order valence-electron chi connectivity index (χ0n) is 21.0. The van der Waals surface area contributed by atoms with Crippen molar-refractivity contribution < 1.29 is 24.0 Å². The van der Waals surface area contributed by atoms with Gasteiger partial charge in [-0.05, 0) is 57.7 Å². The fourth-order valence-electron chi connectivity index (χ4n) is 4.32. The Morgan fingerprint density at radius 1 is 1.11 bits per heavy atom. The molecular formula is C27H30N4O6. The van der Waals surface area contributed by atoms with Crippen molar-refractivity contribution in [2.75, 3.05) is 5.32 Å². The molecule has 37 heavy (non-hydrogen) atoms. The molecule has 194 valence electrons. The summed E-state index contributed by atoms with van der Waals surface area (Å²) in [5.41, 5.74) is 1.50. The monoisotopic (exact) mass is 506 g/mol. The minimum Gasteiger partial charge on any atom is -0.459 e. The molecule has 0 aliphatic heterocycles. The largest absolute Gasteiger partial charge is 0.459 e. The van der Waals surface area contributed by atoms with Gasteiger partial charge in [0.15, 0.2) is 0 Å². The second-order valence-corrected chi connectivity index (χ2v) is 10.1. The van der Waals surface area contributed by atoms with E-state index in [1.807, 2.05) is 57.2 Å². The van der Waals surface area contributed by atoms with Crippen molar-refractivity contribution in [2.24, 2.45) is 0 Å². The van der Waals surface area contributed by atoms with Gasteiger partial charge >= 0.3 is 12.1 Å². The van der Waals surface area contributed by atoms with Crippen LogP contribution in [0.2, 0.25) is 0 Å². The Kier molecular flexibility index (Phi) is 7.56. The van der Waals surface area contributed by atoms with Crippen LogP contribution in [0.15, 0.2) is 60.7 Å². The highest BCUT2D eigenvalue weighted by Gasteiger charge is 2.32. The third-order valence-corrected chi connectivity index (χ3v) is 6.20. The molecule has 1 fully saturated rings. The smallest absolute Gasteiger partial charge is 0.413 e. The molecule has 10 heteroatoms. The van der Waals surface area contributed by atoms with Gasteiger partial charge in [0.1, 0.15) is 18.5 Å². The maximum Gasteiger partial charge on any atom is 0.413 e. The summed E-state index contributed by atoms with van der Waals surface area (Å²) in [6.45, 7) is 6.14. The van der Waals surface area contributed by atoms with Gasteiger partial charge in [-0.1, -0.05) is 30.3 Å². The number of aromatic nitrogens is 2. The van der Waals surface area contributed by atoms with Crippen molar-refractivity contribution in [2.45, 2.75) is 64.2 Å². The van der Waals surface area contributed by atoms with Gasteiger partial charge in [-0.3, -0.25) is 15.4 Å². The van der Waals surface area contributed by atoms with Crippen LogP contribution in [-0.2, 0) is 21.6 Å². The van der Waals surface area contributed by atoms with Crippen LogP contribution in [0.3, 0.4) is 0 Å². The Labute approximate surface area is 214 Å². The van der Waals surface area contributed by atoms with E-state index in [1.54, 1.807) is 4.68 Å². The maximum absolute atomic E-state index is 12.5. The van der Waals surface area contributed by atoms with Crippen LogP contribution in [0.4, 0.5) is 16.3 Å². The number of nitrogens with one attached hydrogen (secondary N) is 1. The first-order valence-electron chi connectivity index (χ1n) is 12.1. The van der Waals surface area contributed by atoms with Crippen LogP contribution in [-0.4, -0.2) is 32.9 Å². The van der Waals surface area contributed by atoms with Gasteiger partial charge in [0, 0.05) is 24.1 Å². The van der Waals surface area contributed by atoms with Crippen molar-refractivity contribution in [1.29, 1.82) is 0 Å². The molecule has 0 unspecified atom stereocenters. The van der Waals surface area contributed by atoms with Crippen LogP contribution >= 0.6 is 0 Å². The lowest BCUT2D eigenvalue weighted by molar-refractivity contribution is -0.384. The SMILES string of the molecule is CC(C)(C)n1nc([C@H]2CC[C@H](OC(=O)c3ccc([N+](=O)[O-])cc3)C2)cc1NC(=O)OCc1ccccc1. The molecule has 1 N–H and O–H groups in total. The summed E-state index contributed by atoms with van der Waals surface area (Å²) in [5, 5.41) is 18.4. The Balaban J connectivity index is 1.39. The zero-order valence-corrected chi connectivity index (χ0v) is 21.0. The van der Waals surface area contributed by atoms with E-state index in [0.29, 0.717) is 18.7 Å². The highest BCUT2D eigenvalue weighted by molar-refractivity contribution is 5.89. The minimum absolute atomic E-state index is 0.0548. The number of nitro benzene ring substituents is 1. The van der Waals surface area contributed by atoms with Crippen LogP contribution in [0.25, 0.3) is 0 Å². The first-order valence-corrected chi connectivity index (χ1v) is 12.1. The molecule has 0 spiro atoms. The predicted molar refractivity (Wildman–Crippen MR) is 136 cm³/mol. The molecule has 1 heterocycles. The molecule has 1 aliphatic rings. The standard InChI is InChI=1S/C27H30N4O6/c1-27(2,3)30-24(28-26(33)36-17-18-7-5-4-6-8-18)16-23(29-30)20-11-14-22(15-20)37-25(32)19-9-12-21(13-10-19)31(34)35/h4-10,12-13,16,20,22H,11,14-15,17H2,1-3H3,(H,28,33)/t20-,22-/m0/s1. The van der Waals surface area contributed by atoms with E-state index in [2.05, 4.69) is 5.32 Å². The highest BCUT2D eigenvalue weighted by atomic mass is 16.6. The number of benzene rings is 2. The fraction of sp³-hybridized carbons (Fsp3) is 0.370. The van der Waals surface area contributed by atoms with Gasteiger partial charge in [-0.2, -0.15) is 5.10 Å². The second kappa shape index (κ2) is 10.8. The molecule has 4 rings (SSSR count). The van der Waals surface area contributed by atoms with E-state index in [9.17, 15) is 19.7 Å².